The van der Waals surface area contributed by atoms with Crippen LogP contribution in [0.5, 0.6) is 0 Å². The number of carbonyl (C=O) groups is 1. The van der Waals surface area contributed by atoms with E-state index >= 15 is 0 Å². The summed E-state index contributed by atoms with van der Waals surface area (Å²) >= 11 is 0. The van der Waals surface area contributed by atoms with Crippen molar-refractivity contribution in [3.63, 3.8) is 0 Å². The van der Waals surface area contributed by atoms with Crippen LogP contribution in [0.3, 0.4) is 0 Å². The Bertz CT molecular complexity index is 1380. The van der Waals surface area contributed by atoms with Crippen molar-refractivity contribution < 1.29 is 4.79 Å². The van der Waals surface area contributed by atoms with Gasteiger partial charge in [-0.1, -0.05) is 61.4 Å². The highest BCUT2D eigenvalue weighted by atomic mass is 16.1. The third-order valence-electron chi connectivity index (χ3n) is 6.38. The summed E-state index contributed by atoms with van der Waals surface area (Å²) in [5.74, 6) is 0.655. The fraction of sp³-hybridized carbons (Fsp3) is 0.222. The predicted molar refractivity (Wildman–Crippen MR) is 138 cm³/mol. The number of nitrogens with zero attached hydrogens (tertiary/aromatic N) is 3. The number of anilines is 2. The van der Waals surface area contributed by atoms with E-state index in [2.05, 4.69) is 25.6 Å². The number of rotatable bonds is 7. The van der Waals surface area contributed by atoms with Crippen molar-refractivity contribution in [2.45, 2.75) is 38.3 Å². The molecule has 0 atom stereocenters. The van der Waals surface area contributed by atoms with Crippen molar-refractivity contribution in [3.8, 4) is 0 Å². The minimum absolute atomic E-state index is 0.232. The lowest BCUT2D eigenvalue weighted by molar-refractivity contribution is 0.0946. The van der Waals surface area contributed by atoms with E-state index in [4.69, 9.17) is 11.1 Å². The van der Waals surface area contributed by atoms with Crippen LogP contribution in [0.25, 0.3) is 10.8 Å². The van der Waals surface area contributed by atoms with Crippen LogP contribution in [0.15, 0.2) is 67.1 Å². The summed E-state index contributed by atoms with van der Waals surface area (Å²) in [5.41, 5.74) is 8.92. The molecule has 35 heavy (non-hydrogen) atoms. The Morgan fingerprint density at radius 1 is 1.00 bits per heavy atom. The van der Waals surface area contributed by atoms with E-state index in [9.17, 15) is 4.79 Å². The van der Waals surface area contributed by atoms with Gasteiger partial charge in [-0.25, -0.2) is 9.97 Å². The van der Waals surface area contributed by atoms with E-state index < -0.39 is 0 Å². The van der Waals surface area contributed by atoms with E-state index in [1.54, 1.807) is 12.3 Å². The van der Waals surface area contributed by atoms with Gasteiger partial charge in [0.1, 0.15) is 23.7 Å². The van der Waals surface area contributed by atoms with Gasteiger partial charge < -0.3 is 16.4 Å². The molecule has 1 aliphatic carbocycles. The molecule has 0 aliphatic heterocycles. The zero-order valence-corrected chi connectivity index (χ0v) is 19.3. The lowest BCUT2D eigenvalue weighted by Crippen LogP contribution is -2.23. The first-order chi connectivity index (χ1) is 17.1. The van der Waals surface area contributed by atoms with Crippen molar-refractivity contribution >= 4 is 34.0 Å². The molecule has 0 spiro atoms. The van der Waals surface area contributed by atoms with Gasteiger partial charge in [-0.15, -0.1) is 0 Å². The number of nitrogens with two attached hydrogens (primary N) is 1. The third-order valence-corrected chi connectivity index (χ3v) is 6.38. The van der Waals surface area contributed by atoms with Gasteiger partial charge in [-0.05, 0) is 29.9 Å². The normalized spacial score (nSPS) is 13.6. The van der Waals surface area contributed by atoms with Crippen molar-refractivity contribution in [2.24, 2.45) is 0 Å². The van der Waals surface area contributed by atoms with Gasteiger partial charge in [0.2, 0.25) is 0 Å². The topological polar surface area (TPSA) is 130 Å². The van der Waals surface area contributed by atoms with Crippen molar-refractivity contribution in [2.75, 3.05) is 11.1 Å². The fourth-order valence-electron chi connectivity index (χ4n) is 4.43. The van der Waals surface area contributed by atoms with Crippen LogP contribution in [0.2, 0.25) is 0 Å². The summed E-state index contributed by atoms with van der Waals surface area (Å²) in [6.07, 6.45) is 7.70. The molecule has 4 aromatic rings. The molecule has 2 heterocycles. The highest BCUT2D eigenvalue weighted by Gasteiger charge is 2.21. The second-order valence-corrected chi connectivity index (χ2v) is 8.78. The molecule has 5 N–H and O–H groups in total. The number of fused-ring (bicyclic) bond motifs is 1. The second-order valence-electron chi connectivity index (χ2n) is 8.78. The van der Waals surface area contributed by atoms with Crippen molar-refractivity contribution in [1.82, 2.24) is 20.3 Å². The maximum Gasteiger partial charge on any atom is 0.270 e. The van der Waals surface area contributed by atoms with Crippen LogP contribution in [0, 0.1) is 5.41 Å². The Hall–Kier alpha value is -4.33. The second kappa shape index (κ2) is 9.89. The van der Waals surface area contributed by atoms with Crippen LogP contribution in [-0.4, -0.2) is 32.6 Å². The van der Waals surface area contributed by atoms with Gasteiger partial charge in [0.05, 0.1) is 11.3 Å². The molecule has 8 nitrogen and oxygen atoms in total. The number of nitrogen functional groups attached to an aromatic ring is 1. The molecule has 0 bridgehead atoms. The van der Waals surface area contributed by atoms with Crippen LogP contribution in [0.4, 0.5) is 11.6 Å². The van der Waals surface area contributed by atoms with Crippen LogP contribution < -0.4 is 16.4 Å². The Labute approximate surface area is 203 Å². The number of pyridine rings is 1. The molecule has 1 fully saturated rings. The zero-order chi connectivity index (χ0) is 24.2. The average molecular weight is 466 g/mol. The fourth-order valence-corrected chi connectivity index (χ4v) is 4.43. The lowest BCUT2D eigenvalue weighted by atomic mass is 10.0. The lowest BCUT2D eigenvalue weighted by Gasteiger charge is -2.17. The summed E-state index contributed by atoms with van der Waals surface area (Å²) in [4.78, 5) is 25.3. The van der Waals surface area contributed by atoms with Crippen molar-refractivity contribution in [3.05, 3.63) is 89.5 Å². The quantitative estimate of drug-likeness (QED) is 0.301. The van der Waals surface area contributed by atoms with Crippen molar-refractivity contribution in [1.29, 1.82) is 5.41 Å². The first-order valence-electron chi connectivity index (χ1n) is 11.8. The molecule has 1 saturated carbocycles. The summed E-state index contributed by atoms with van der Waals surface area (Å²) in [6.45, 7) is 0.353. The molecule has 2 aromatic carbocycles. The highest BCUT2D eigenvalue weighted by molar-refractivity contribution is 6.16. The van der Waals surface area contributed by atoms with E-state index in [0.717, 1.165) is 29.2 Å². The van der Waals surface area contributed by atoms with Crippen LogP contribution in [-0.2, 0) is 6.54 Å². The number of hydrogen-bond acceptors (Lipinski definition) is 7. The molecular weight excluding hydrogens is 438 g/mol. The number of carbonyl (C=O) groups excluding carboxylic acids is 1. The molecule has 5 rings (SSSR count). The molecule has 0 radical (unpaired) electrons. The summed E-state index contributed by atoms with van der Waals surface area (Å²) < 4.78 is 0. The molecule has 176 valence electrons. The number of nitrogens with one attached hydrogen (secondary N) is 3. The SMILES string of the molecule is N=C(c1ccc(CNC(=O)c2cc3ccccc3cn2)cc1)c1c(N)ncnc1NC1CCCC1. The van der Waals surface area contributed by atoms with Crippen LogP contribution in [0.1, 0.15) is 52.9 Å². The molecule has 2 aromatic heterocycles. The van der Waals surface area contributed by atoms with Gasteiger partial charge in [0.15, 0.2) is 0 Å². The number of benzene rings is 2. The maximum absolute atomic E-state index is 12.6. The standard InChI is InChI=1S/C27H27N7O/c28-24(23-25(29)32-16-33-26(23)34-21-7-3-4-8-21)18-11-9-17(10-12-18)14-31-27(35)22-13-19-5-1-2-6-20(19)15-30-22/h1-2,5-6,9-13,15-16,21,28H,3-4,7-8,14H2,(H,31,35)(H3,29,32,33,34). The largest absolute Gasteiger partial charge is 0.383 e. The Morgan fingerprint density at radius 2 is 1.74 bits per heavy atom. The van der Waals surface area contributed by atoms with Crippen LogP contribution >= 0.6 is 0 Å². The Kier molecular flexibility index (Phi) is 6.34. The highest BCUT2D eigenvalue weighted by Crippen LogP contribution is 2.26. The molecule has 0 saturated heterocycles. The predicted octanol–water partition coefficient (Wildman–Crippen LogP) is 4.31. The Balaban J connectivity index is 1.26. The maximum atomic E-state index is 12.6. The van der Waals surface area contributed by atoms with E-state index in [-0.39, 0.29) is 17.4 Å². The number of amides is 1. The molecule has 1 aliphatic rings. The average Bonchev–Trinajstić information content (AvgIpc) is 3.40. The van der Waals surface area contributed by atoms with Gasteiger partial charge in [-0.3, -0.25) is 15.2 Å². The minimum Gasteiger partial charge on any atom is -0.383 e. The van der Waals surface area contributed by atoms with E-state index in [1.807, 2.05) is 48.5 Å². The molecule has 1 amide bonds. The van der Waals surface area contributed by atoms with Gasteiger partial charge in [0.25, 0.3) is 5.91 Å². The van der Waals surface area contributed by atoms with Gasteiger partial charge >= 0.3 is 0 Å². The molecular formula is C27H27N7O. The van der Waals surface area contributed by atoms with E-state index in [1.165, 1.54) is 19.2 Å². The summed E-state index contributed by atoms with van der Waals surface area (Å²) in [7, 11) is 0. The first-order valence-corrected chi connectivity index (χ1v) is 11.8. The zero-order valence-electron chi connectivity index (χ0n) is 19.3. The monoisotopic (exact) mass is 465 g/mol. The van der Waals surface area contributed by atoms with Gasteiger partial charge in [0, 0.05) is 29.7 Å². The first kappa shape index (κ1) is 22.5. The number of hydrogen-bond donors (Lipinski definition) is 4. The van der Waals surface area contributed by atoms with E-state index in [0.29, 0.717) is 35.2 Å². The molecule has 0 unspecified atom stereocenters. The number of aromatic nitrogens is 3. The third kappa shape index (κ3) is 4.96. The smallest absolute Gasteiger partial charge is 0.270 e. The minimum atomic E-state index is -0.232. The van der Waals surface area contributed by atoms with Gasteiger partial charge in [-0.2, -0.15) is 0 Å². The summed E-state index contributed by atoms with van der Waals surface area (Å²) in [5, 5.41) is 17.1. The summed E-state index contributed by atoms with van der Waals surface area (Å²) in [6, 6.07) is 17.4. The Morgan fingerprint density at radius 3 is 2.51 bits per heavy atom. The molecule has 8 heteroatoms.